The van der Waals surface area contributed by atoms with Gasteiger partial charge in [-0.25, -0.2) is 4.79 Å². The molecule has 17 heavy (non-hydrogen) atoms. The van der Waals surface area contributed by atoms with Crippen molar-refractivity contribution in [3.8, 4) is 0 Å². The molecule has 0 saturated carbocycles. The summed E-state index contributed by atoms with van der Waals surface area (Å²) >= 11 is 0. The molecule has 0 amide bonds. The average Bonchev–Trinajstić information content (AvgIpc) is 2.31. The third-order valence-electron chi connectivity index (χ3n) is 2.92. The standard InChI is InChI=1S/C12H21N3O2/c1-4-9(3)13-6-7-15-8-10(5-2)11(16)14-12(15)17/h8-9,13H,4-7H2,1-3H3,(H,14,16,17). The second-order valence-electron chi connectivity index (χ2n) is 4.22. The van der Waals surface area contributed by atoms with E-state index in [1.54, 1.807) is 10.8 Å². The molecule has 0 fully saturated rings. The summed E-state index contributed by atoms with van der Waals surface area (Å²) in [4.78, 5) is 25.2. The zero-order valence-corrected chi connectivity index (χ0v) is 10.7. The molecule has 5 nitrogen and oxygen atoms in total. The van der Waals surface area contributed by atoms with Gasteiger partial charge in [0.25, 0.3) is 5.56 Å². The van der Waals surface area contributed by atoms with E-state index in [0.29, 0.717) is 24.6 Å². The first-order valence-electron chi connectivity index (χ1n) is 6.14. The third-order valence-corrected chi connectivity index (χ3v) is 2.92. The Morgan fingerprint density at radius 1 is 1.41 bits per heavy atom. The van der Waals surface area contributed by atoms with E-state index < -0.39 is 0 Å². The average molecular weight is 239 g/mol. The molecule has 0 saturated heterocycles. The molecule has 1 heterocycles. The molecule has 0 aliphatic rings. The quantitative estimate of drug-likeness (QED) is 0.759. The molecule has 5 heteroatoms. The van der Waals surface area contributed by atoms with E-state index in [4.69, 9.17) is 0 Å². The van der Waals surface area contributed by atoms with E-state index >= 15 is 0 Å². The second kappa shape index (κ2) is 6.39. The monoisotopic (exact) mass is 239 g/mol. The number of aromatic amines is 1. The van der Waals surface area contributed by atoms with Crippen LogP contribution in [0.5, 0.6) is 0 Å². The summed E-state index contributed by atoms with van der Waals surface area (Å²) in [5.41, 5.74) is 0.0370. The van der Waals surface area contributed by atoms with Gasteiger partial charge in [0.15, 0.2) is 0 Å². The van der Waals surface area contributed by atoms with Crippen LogP contribution in [0, 0.1) is 0 Å². The minimum atomic E-state index is -0.335. The van der Waals surface area contributed by atoms with Crippen LogP contribution in [-0.4, -0.2) is 22.1 Å². The van der Waals surface area contributed by atoms with Gasteiger partial charge in [0.2, 0.25) is 0 Å². The molecule has 96 valence electrons. The fourth-order valence-electron chi connectivity index (χ4n) is 1.55. The van der Waals surface area contributed by atoms with Gasteiger partial charge in [-0.05, 0) is 19.8 Å². The van der Waals surface area contributed by atoms with Crippen molar-refractivity contribution >= 4 is 0 Å². The maximum Gasteiger partial charge on any atom is 0.328 e. The van der Waals surface area contributed by atoms with Gasteiger partial charge in [-0.3, -0.25) is 14.3 Å². The lowest BCUT2D eigenvalue weighted by Crippen LogP contribution is -2.36. The molecule has 0 aliphatic heterocycles. The van der Waals surface area contributed by atoms with E-state index in [2.05, 4.69) is 24.1 Å². The van der Waals surface area contributed by atoms with Crippen LogP contribution in [0.4, 0.5) is 0 Å². The predicted molar refractivity (Wildman–Crippen MR) is 68.5 cm³/mol. The molecule has 0 radical (unpaired) electrons. The normalized spacial score (nSPS) is 12.6. The highest BCUT2D eigenvalue weighted by molar-refractivity contribution is 5.03. The molecule has 1 atom stereocenters. The molecule has 1 rings (SSSR count). The van der Waals surface area contributed by atoms with Gasteiger partial charge in [0, 0.05) is 30.9 Å². The maximum atomic E-state index is 11.5. The Morgan fingerprint density at radius 2 is 2.12 bits per heavy atom. The lowest BCUT2D eigenvalue weighted by molar-refractivity contribution is 0.495. The number of rotatable bonds is 6. The van der Waals surface area contributed by atoms with Gasteiger partial charge in [-0.15, -0.1) is 0 Å². The summed E-state index contributed by atoms with van der Waals surface area (Å²) in [5.74, 6) is 0. The van der Waals surface area contributed by atoms with E-state index in [1.807, 2.05) is 6.92 Å². The first-order chi connectivity index (χ1) is 8.08. The Hall–Kier alpha value is -1.36. The Morgan fingerprint density at radius 3 is 2.71 bits per heavy atom. The maximum absolute atomic E-state index is 11.5. The fraction of sp³-hybridized carbons (Fsp3) is 0.667. The molecule has 0 aliphatic carbocycles. The molecule has 2 N–H and O–H groups in total. The van der Waals surface area contributed by atoms with Gasteiger partial charge >= 0.3 is 5.69 Å². The van der Waals surface area contributed by atoms with Crippen molar-refractivity contribution < 1.29 is 0 Å². The van der Waals surface area contributed by atoms with Gasteiger partial charge in [0.1, 0.15) is 0 Å². The van der Waals surface area contributed by atoms with Gasteiger partial charge < -0.3 is 5.32 Å². The number of nitrogens with one attached hydrogen (secondary N) is 2. The van der Waals surface area contributed by atoms with Crippen LogP contribution in [0.25, 0.3) is 0 Å². The zero-order chi connectivity index (χ0) is 12.8. The summed E-state index contributed by atoms with van der Waals surface area (Å²) in [6.45, 7) is 7.42. The SMILES string of the molecule is CCc1cn(CCNC(C)CC)c(=O)[nH]c1=O. The van der Waals surface area contributed by atoms with E-state index in [1.165, 1.54) is 0 Å². The first kappa shape index (κ1) is 13.7. The van der Waals surface area contributed by atoms with Crippen molar-refractivity contribution in [3.63, 3.8) is 0 Å². The molecule has 1 aromatic rings. The minimum Gasteiger partial charge on any atom is -0.312 e. The number of nitrogens with zero attached hydrogens (tertiary/aromatic N) is 1. The molecule has 1 unspecified atom stereocenters. The van der Waals surface area contributed by atoms with Crippen molar-refractivity contribution in [1.29, 1.82) is 0 Å². The predicted octanol–water partition coefficient (Wildman–Crippen LogP) is 0.487. The molecular formula is C12H21N3O2. The Labute approximate surface area is 101 Å². The van der Waals surface area contributed by atoms with Gasteiger partial charge in [0.05, 0.1) is 0 Å². The summed E-state index contributed by atoms with van der Waals surface area (Å²) in [6.07, 6.45) is 3.34. The highest BCUT2D eigenvalue weighted by Gasteiger charge is 2.03. The second-order valence-corrected chi connectivity index (χ2v) is 4.22. The van der Waals surface area contributed by atoms with Crippen molar-refractivity contribution in [1.82, 2.24) is 14.9 Å². The van der Waals surface area contributed by atoms with Crippen LogP contribution in [-0.2, 0) is 13.0 Å². The first-order valence-corrected chi connectivity index (χ1v) is 6.14. The highest BCUT2D eigenvalue weighted by Crippen LogP contribution is 1.90. The van der Waals surface area contributed by atoms with Crippen molar-refractivity contribution in [3.05, 3.63) is 32.6 Å². The van der Waals surface area contributed by atoms with Crippen molar-refractivity contribution in [2.75, 3.05) is 6.54 Å². The number of hydrogen-bond donors (Lipinski definition) is 2. The van der Waals surface area contributed by atoms with Gasteiger partial charge in [-0.1, -0.05) is 13.8 Å². The third kappa shape index (κ3) is 3.85. The van der Waals surface area contributed by atoms with Crippen LogP contribution in [0.15, 0.2) is 15.8 Å². The van der Waals surface area contributed by atoms with Crippen LogP contribution in [0.1, 0.15) is 32.8 Å². The van der Waals surface area contributed by atoms with Crippen molar-refractivity contribution in [2.24, 2.45) is 0 Å². The summed E-state index contributed by atoms with van der Waals surface area (Å²) in [6, 6.07) is 0.444. The Kier molecular flexibility index (Phi) is 5.15. The zero-order valence-electron chi connectivity index (χ0n) is 10.7. The van der Waals surface area contributed by atoms with Crippen LogP contribution >= 0.6 is 0 Å². The summed E-state index contributed by atoms with van der Waals surface area (Å²) in [5, 5.41) is 3.31. The molecule has 0 bridgehead atoms. The lowest BCUT2D eigenvalue weighted by Gasteiger charge is -2.12. The molecule has 1 aromatic heterocycles. The number of aryl methyl sites for hydroxylation is 1. The number of H-pyrrole nitrogens is 1. The number of hydrogen-bond acceptors (Lipinski definition) is 3. The van der Waals surface area contributed by atoms with E-state index in [-0.39, 0.29) is 11.2 Å². The van der Waals surface area contributed by atoms with Crippen molar-refractivity contribution in [2.45, 2.75) is 46.2 Å². The summed E-state index contributed by atoms with van der Waals surface area (Å²) < 4.78 is 1.55. The minimum absolute atomic E-state index is 0.274. The molecule has 0 aromatic carbocycles. The molecule has 0 spiro atoms. The topological polar surface area (TPSA) is 66.9 Å². The lowest BCUT2D eigenvalue weighted by atomic mass is 10.2. The van der Waals surface area contributed by atoms with Gasteiger partial charge in [-0.2, -0.15) is 0 Å². The van der Waals surface area contributed by atoms with Crippen LogP contribution in [0.2, 0.25) is 0 Å². The van der Waals surface area contributed by atoms with E-state index in [0.717, 1.165) is 13.0 Å². The Bertz CT molecular complexity index is 462. The van der Waals surface area contributed by atoms with Crippen LogP contribution < -0.4 is 16.6 Å². The summed E-state index contributed by atoms with van der Waals surface area (Å²) in [7, 11) is 0. The fourth-order valence-corrected chi connectivity index (χ4v) is 1.55. The Balaban J connectivity index is 2.71. The number of aromatic nitrogens is 2. The largest absolute Gasteiger partial charge is 0.328 e. The highest BCUT2D eigenvalue weighted by atomic mass is 16.2. The van der Waals surface area contributed by atoms with E-state index in [9.17, 15) is 9.59 Å². The smallest absolute Gasteiger partial charge is 0.312 e. The van der Waals surface area contributed by atoms with Crippen LogP contribution in [0.3, 0.4) is 0 Å². The molecular weight excluding hydrogens is 218 g/mol.